The number of carbonyl (C=O) groups is 2. The Bertz CT molecular complexity index is 1020. The molecule has 0 aliphatic carbocycles. The fraction of sp³-hybridized carbons (Fsp3) is 0.200. The summed E-state index contributed by atoms with van der Waals surface area (Å²) in [6, 6.07) is 14.6. The smallest absolute Gasteiger partial charge is 0.264 e. The van der Waals surface area contributed by atoms with Gasteiger partial charge in [0, 0.05) is 12.1 Å². The molecule has 1 aromatic heterocycles. The Hall–Kier alpha value is -3.04. The Kier molecular flexibility index (Phi) is 7.09. The van der Waals surface area contributed by atoms with E-state index in [-0.39, 0.29) is 23.5 Å². The molecular weight excluding hydrogens is 408 g/mol. The molecule has 0 unspecified atom stereocenters. The maximum absolute atomic E-state index is 12.0. The molecule has 0 bridgehead atoms. The molecule has 0 spiro atoms. The van der Waals surface area contributed by atoms with E-state index < -0.39 is 0 Å². The van der Waals surface area contributed by atoms with Gasteiger partial charge >= 0.3 is 0 Å². The molecule has 3 rings (SSSR count). The Labute approximate surface area is 177 Å². The number of carbonyl (C=O) groups excluding carboxylic acids is 2. The Morgan fingerprint density at radius 1 is 1.10 bits per heavy atom. The number of para-hydroxylation sites is 1. The fourth-order valence-electron chi connectivity index (χ4n) is 2.46. The zero-order valence-electron chi connectivity index (χ0n) is 15.7. The summed E-state index contributed by atoms with van der Waals surface area (Å²) in [6.45, 7) is 1.81. The lowest BCUT2D eigenvalue weighted by atomic mass is 10.3. The van der Waals surface area contributed by atoms with E-state index in [1.165, 1.54) is 11.3 Å². The highest BCUT2D eigenvalue weighted by Crippen LogP contribution is 2.28. The minimum Gasteiger partial charge on any atom is -0.484 e. The van der Waals surface area contributed by atoms with Crippen LogP contribution < -0.4 is 20.7 Å². The van der Waals surface area contributed by atoms with Gasteiger partial charge < -0.3 is 15.4 Å². The second-order valence-corrected chi connectivity index (χ2v) is 7.54. The highest BCUT2D eigenvalue weighted by Gasteiger charge is 2.10. The van der Waals surface area contributed by atoms with E-state index >= 15 is 0 Å². The largest absolute Gasteiger partial charge is 0.484 e. The van der Waals surface area contributed by atoms with Gasteiger partial charge in [-0.3, -0.25) is 14.9 Å². The van der Waals surface area contributed by atoms with Gasteiger partial charge in [0.25, 0.3) is 5.91 Å². The van der Waals surface area contributed by atoms with Crippen LogP contribution in [0.1, 0.15) is 19.8 Å². The second kappa shape index (κ2) is 9.94. The van der Waals surface area contributed by atoms with Crippen LogP contribution in [0.5, 0.6) is 5.75 Å². The van der Waals surface area contributed by atoms with E-state index in [1.807, 2.05) is 37.3 Å². The molecule has 0 saturated heterocycles. The quantitative estimate of drug-likeness (QED) is 0.494. The van der Waals surface area contributed by atoms with Crippen molar-refractivity contribution in [2.45, 2.75) is 19.8 Å². The van der Waals surface area contributed by atoms with Crippen molar-refractivity contribution < 1.29 is 14.3 Å². The highest BCUT2D eigenvalue weighted by molar-refractivity contribution is 7.80. The van der Waals surface area contributed by atoms with Gasteiger partial charge in [0.15, 0.2) is 16.9 Å². The van der Waals surface area contributed by atoms with Crippen molar-refractivity contribution in [2.24, 2.45) is 0 Å². The molecule has 0 atom stereocenters. The molecular formula is C20H20N4O3S2. The number of amides is 2. The summed E-state index contributed by atoms with van der Waals surface area (Å²) in [7, 11) is 0. The number of hydrogen-bond acceptors (Lipinski definition) is 6. The van der Waals surface area contributed by atoms with Crippen molar-refractivity contribution in [1.82, 2.24) is 10.3 Å². The van der Waals surface area contributed by atoms with Crippen LogP contribution in [0.2, 0.25) is 0 Å². The minimum atomic E-state index is -0.355. The summed E-state index contributed by atoms with van der Waals surface area (Å²) in [4.78, 5) is 28.1. The molecule has 0 saturated carbocycles. The summed E-state index contributed by atoms with van der Waals surface area (Å²) >= 11 is 6.57. The van der Waals surface area contributed by atoms with E-state index in [1.54, 1.807) is 18.2 Å². The number of benzene rings is 2. The highest BCUT2D eigenvalue weighted by atomic mass is 32.1. The third-order valence-corrected chi connectivity index (χ3v) is 4.87. The minimum absolute atomic E-state index is 0.0495. The summed E-state index contributed by atoms with van der Waals surface area (Å²) in [6.07, 6.45) is 1.25. The number of fused-ring (bicyclic) bond motifs is 1. The lowest BCUT2D eigenvalue weighted by molar-refractivity contribution is -0.121. The average molecular weight is 429 g/mol. The van der Waals surface area contributed by atoms with Crippen LogP contribution in [-0.4, -0.2) is 28.5 Å². The van der Waals surface area contributed by atoms with Gasteiger partial charge in [-0.2, -0.15) is 0 Å². The van der Waals surface area contributed by atoms with Crippen molar-refractivity contribution in [3.05, 3.63) is 48.5 Å². The van der Waals surface area contributed by atoms with Crippen molar-refractivity contribution in [3.8, 4) is 5.75 Å². The Morgan fingerprint density at radius 3 is 2.66 bits per heavy atom. The third-order valence-electron chi connectivity index (χ3n) is 3.74. The predicted molar refractivity (Wildman–Crippen MR) is 119 cm³/mol. The van der Waals surface area contributed by atoms with E-state index in [9.17, 15) is 9.59 Å². The van der Waals surface area contributed by atoms with Gasteiger partial charge in [0.05, 0.1) is 10.2 Å². The van der Waals surface area contributed by atoms with E-state index in [4.69, 9.17) is 17.0 Å². The molecule has 2 amide bonds. The van der Waals surface area contributed by atoms with Crippen molar-refractivity contribution in [3.63, 3.8) is 0 Å². The van der Waals surface area contributed by atoms with Crippen molar-refractivity contribution in [1.29, 1.82) is 0 Å². The summed E-state index contributed by atoms with van der Waals surface area (Å²) < 4.78 is 6.28. The standard InChI is InChI=1S/C20H20N4O3S2/c1-2-6-17(25)24-20-22-15-10-9-13(11-16(15)29-20)21-19(28)23-18(26)12-27-14-7-4-3-5-8-14/h3-5,7-11H,2,6,12H2,1H3,(H,22,24,25)(H2,21,23,26,28). The van der Waals surface area contributed by atoms with Crippen molar-refractivity contribution in [2.75, 3.05) is 17.2 Å². The molecule has 150 valence electrons. The molecule has 1 heterocycles. The van der Waals surface area contributed by atoms with Crippen LogP contribution in [0.4, 0.5) is 10.8 Å². The Balaban J connectivity index is 1.54. The number of rotatable bonds is 7. The molecule has 0 aliphatic rings. The number of anilines is 2. The van der Waals surface area contributed by atoms with E-state index in [0.29, 0.717) is 23.0 Å². The van der Waals surface area contributed by atoms with Gasteiger partial charge in [-0.05, 0) is 49.0 Å². The number of thiazole rings is 1. The number of nitrogens with one attached hydrogen (secondary N) is 3. The van der Waals surface area contributed by atoms with Crippen LogP contribution >= 0.6 is 23.6 Å². The van der Waals surface area contributed by atoms with Gasteiger partial charge in [0.1, 0.15) is 5.75 Å². The molecule has 3 aromatic rings. The molecule has 0 aliphatic heterocycles. The average Bonchev–Trinajstić information content (AvgIpc) is 3.08. The lowest BCUT2D eigenvalue weighted by Gasteiger charge is -2.10. The molecule has 0 fully saturated rings. The number of hydrogen-bond donors (Lipinski definition) is 3. The first kappa shape index (κ1) is 20.7. The summed E-state index contributed by atoms with van der Waals surface area (Å²) in [5.74, 6) is 0.205. The zero-order chi connectivity index (χ0) is 20.6. The molecule has 3 N–H and O–H groups in total. The molecule has 9 heteroatoms. The lowest BCUT2D eigenvalue weighted by Crippen LogP contribution is -2.37. The van der Waals surface area contributed by atoms with Crippen molar-refractivity contribution >= 4 is 61.5 Å². The number of aromatic nitrogens is 1. The first-order valence-electron chi connectivity index (χ1n) is 9.02. The van der Waals surface area contributed by atoms with Gasteiger partial charge in [-0.25, -0.2) is 4.98 Å². The maximum atomic E-state index is 12.0. The number of ether oxygens (including phenoxy) is 1. The topological polar surface area (TPSA) is 92.4 Å². The SMILES string of the molecule is CCCC(=O)Nc1nc2ccc(NC(=S)NC(=O)COc3ccccc3)cc2s1. The molecule has 0 radical (unpaired) electrons. The number of thiocarbonyl (C=S) groups is 1. The molecule has 29 heavy (non-hydrogen) atoms. The maximum Gasteiger partial charge on any atom is 0.264 e. The van der Waals surface area contributed by atoms with Gasteiger partial charge in [0.2, 0.25) is 5.91 Å². The Morgan fingerprint density at radius 2 is 1.90 bits per heavy atom. The molecule has 2 aromatic carbocycles. The van der Waals surface area contributed by atoms with Crippen LogP contribution in [0, 0.1) is 0 Å². The first-order valence-corrected chi connectivity index (χ1v) is 10.2. The monoisotopic (exact) mass is 428 g/mol. The normalized spacial score (nSPS) is 10.4. The predicted octanol–water partition coefficient (Wildman–Crippen LogP) is 3.93. The fourth-order valence-corrected chi connectivity index (χ4v) is 3.61. The summed E-state index contributed by atoms with van der Waals surface area (Å²) in [5.41, 5.74) is 1.49. The van der Waals surface area contributed by atoms with Gasteiger partial charge in [-0.1, -0.05) is 36.5 Å². The summed E-state index contributed by atoms with van der Waals surface area (Å²) in [5, 5.41) is 9.08. The van der Waals surface area contributed by atoms with Crippen LogP contribution in [0.25, 0.3) is 10.2 Å². The second-order valence-electron chi connectivity index (χ2n) is 6.10. The van der Waals surface area contributed by atoms with Crippen LogP contribution in [0.3, 0.4) is 0 Å². The van der Waals surface area contributed by atoms with Crippen LogP contribution in [0.15, 0.2) is 48.5 Å². The van der Waals surface area contributed by atoms with E-state index in [2.05, 4.69) is 20.9 Å². The number of nitrogens with zero attached hydrogens (tertiary/aromatic N) is 1. The third kappa shape index (κ3) is 6.23. The van der Waals surface area contributed by atoms with E-state index in [0.717, 1.165) is 16.6 Å². The van der Waals surface area contributed by atoms with Gasteiger partial charge in [-0.15, -0.1) is 0 Å². The first-order chi connectivity index (χ1) is 14.0. The zero-order valence-corrected chi connectivity index (χ0v) is 17.4. The van der Waals surface area contributed by atoms with Crippen LogP contribution in [-0.2, 0) is 9.59 Å². The molecule has 7 nitrogen and oxygen atoms in total.